The Bertz CT molecular complexity index is 864. The molecule has 1 spiro atoms. The number of hydrogen-bond donors (Lipinski definition) is 0. The lowest BCUT2D eigenvalue weighted by atomic mass is 9.88. The number of hydrogen-bond acceptors (Lipinski definition) is 5. The van der Waals surface area contributed by atoms with E-state index in [0.29, 0.717) is 32.5 Å². The molecule has 3 heterocycles. The molecule has 1 aromatic heterocycles. The second-order valence-electron chi connectivity index (χ2n) is 7.30. The van der Waals surface area contributed by atoms with Gasteiger partial charge >= 0.3 is 12.0 Å². The number of piperidine rings is 1. The first-order valence-electron chi connectivity index (χ1n) is 9.05. The van der Waals surface area contributed by atoms with Gasteiger partial charge in [-0.2, -0.15) is 8.78 Å². The standard InChI is InChI=1S/C19H20F3N3O2S/c1-13-23-15(11-28-13)10-24-8-6-18(7-9-24)12-25(17(26)19(21,22)27-18)16-4-2-14(20)3-5-16/h2-5,11H,6-10,12H2,1H3. The molecule has 0 saturated carbocycles. The molecule has 1 aromatic carbocycles. The second kappa shape index (κ2) is 7.13. The van der Waals surface area contributed by atoms with Gasteiger partial charge in [-0.3, -0.25) is 9.69 Å². The van der Waals surface area contributed by atoms with Crippen molar-refractivity contribution in [1.82, 2.24) is 9.88 Å². The highest BCUT2D eigenvalue weighted by Gasteiger charge is 2.57. The minimum atomic E-state index is -3.90. The number of benzene rings is 1. The molecule has 0 N–H and O–H groups in total. The van der Waals surface area contributed by atoms with Gasteiger partial charge in [0.1, 0.15) is 5.82 Å². The summed E-state index contributed by atoms with van der Waals surface area (Å²) in [6.45, 7) is 3.77. The maximum absolute atomic E-state index is 14.4. The predicted octanol–water partition coefficient (Wildman–Crippen LogP) is 3.58. The van der Waals surface area contributed by atoms with Gasteiger partial charge in [0.25, 0.3) is 0 Å². The smallest absolute Gasteiger partial charge is 0.304 e. The molecule has 28 heavy (non-hydrogen) atoms. The number of morpholine rings is 1. The van der Waals surface area contributed by atoms with E-state index < -0.39 is 23.4 Å². The van der Waals surface area contributed by atoms with Crippen molar-refractivity contribution in [2.75, 3.05) is 24.5 Å². The summed E-state index contributed by atoms with van der Waals surface area (Å²) < 4.78 is 47.0. The fourth-order valence-corrected chi connectivity index (χ4v) is 4.39. The number of ether oxygens (including phenoxy) is 1. The molecule has 0 radical (unpaired) electrons. The number of halogens is 3. The van der Waals surface area contributed by atoms with Gasteiger partial charge in [0.05, 0.1) is 22.8 Å². The van der Waals surface area contributed by atoms with Crippen LogP contribution in [0.3, 0.4) is 0 Å². The van der Waals surface area contributed by atoms with Crippen LogP contribution in [0, 0.1) is 12.7 Å². The molecule has 9 heteroatoms. The molecular weight excluding hydrogens is 391 g/mol. The highest BCUT2D eigenvalue weighted by atomic mass is 32.1. The Morgan fingerprint density at radius 1 is 1.21 bits per heavy atom. The first kappa shape index (κ1) is 19.4. The van der Waals surface area contributed by atoms with Crippen molar-refractivity contribution >= 4 is 22.9 Å². The summed E-state index contributed by atoms with van der Waals surface area (Å²) in [5, 5.41) is 2.99. The van der Waals surface area contributed by atoms with Gasteiger partial charge in [-0.25, -0.2) is 9.37 Å². The molecule has 5 nitrogen and oxygen atoms in total. The minimum absolute atomic E-state index is 0.0245. The Hall–Kier alpha value is -1.97. The molecule has 4 rings (SSSR count). The molecule has 0 bridgehead atoms. The quantitative estimate of drug-likeness (QED) is 0.775. The molecule has 2 aliphatic rings. The summed E-state index contributed by atoms with van der Waals surface area (Å²) >= 11 is 1.58. The highest BCUT2D eigenvalue weighted by Crippen LogP contribution is 2.40. The van der Waals surface area contributed by atoms with E-state index in [9.17, 15) is 18.0 Å². The lowest BCUT2D eigenvalue weighted by Crippen LogP contribution is -2.64. The summed E-state index contributed by atoms with van der Waals surface area (Å²) in [7, 11) is 0. The van der Waals surface area contributed by atoms with E-state index in [4.69, 9.17) is 4.74 Å². The van der Waals surface area contributed by atoms with Crippen molar-refractivity contribution in [2.45, 2.75) is 38.0 Å². The Morgan fingerprint density at radius 2 is 1.89 bits per heavy atom. The van der Waals surface area contributed by atoms with Gasteiger partial charge < -0.3 is 9.64 Å². The Kier molecular flexibility index (Phi) is 4.93. The number of carbonyl (C=O) groups excluding carboxylic acids is 1. The number of amides is 1. The molecule has 2 saturated heterocycles. The summed E-state index contributed by atoms with van der Waals surface area (Å²) in [5.41, 5.74) is 0.0888. The fourth-order valence-electron chi connectivity index (χ4n) is 3.78. The van der Waals surface area contributed by atoms with Crippen LogP contribution >= 0.6 is 11.3 Å². The predicted molar refractivity (Wildman–Crippen MR) is 98.9 cm³/mol. The Balaban J connectivity index is 1.49. The monoisotopic (exact) mass is 411 g/mol. The van der Waals surface area contributed by atoms with Crippen LogP contribution in [0.4, 0.5) is 18.9 Å². The lowest BCUT2D eigenvalue weighted by Gasteiger charge is -2.48. The number of aromatic nitrogens is 1. The SMILES string of the molecule is Cc1nc(CN2CCC3(CC2)CN(c2ccc(F)cc2)C(=O)C(F)(F)O3)cs1. The zero-order chi connectivity index (χ0) is 19.9. The molecule has 2 fully saturated rings. The van der Waals surface area contributed by atoms with Gasteiger partial charge in [0.15, 0.2) is 0 Å². The van der Waals surface area contributed by atoms with Crippen LogP contribution in [0.2, 0.25) is 0 Å². The molecule has 1 amide bonds. The van der Waals surface area contributed by atoms with E-state index in [1.54, 1.807) is 11.3 Å². The van der Waals surface area contributed by atoms with Gasteiger partial charge in [-0.05, 0) is 44.0 Å². The highest BCUT2D eigenvalue weighted by molar-refractivity contribution is 7.09. The Labute approximate surface area is 164 Å². The van der Waals surface area contributed by atoms with E-state index in [-0.39, 0.29) is 12.2 Å². The number of rotatable bonds is 3. The number of carbonyl (C=O) groups is 1. The van der Waals surface area contributed by atoms with Crippen molar-refractivity contribution in [1.29, 1.82) is 0 Å². The third-order valence-electron chi connectivity index (χ3n) is 5.24. The van der Waals surface area contributed by atoms with Crippen LogP contribution in [0.15, 0.2) is 29.6 Å². The molecule has 2 aromatic rings. The second-order valence-corrected chi connectivity index (χ2v) is 8.37. The number of thiazole rings is 1. The van der Waals surface area contributed by atoms with E-state index in [0.717, 1.165) is 27.7 Å². The van der Waals surface area contributed by atoms with Gasteiger partial charge in [0.2, 0.25) is 0 Å². The average molecular weight is 411 g/mol. The van der Waals surface area contributed by atoms with Gasteiger partial charge in [-0.1, -0.05) is 0 Å². The van der Waals surface area contributed by atoms with Crippen LogP contribution < -0.4 is 4.90 Å². The number of likely N-dealkylation sites (tertiary alicyclic amines) is 1. The van der Waals surface area contributed by atoms with E-state index >= 15 is 0 Å². The van der Waals surface area contributed by atoms with Crippen LogP contribution in [-0.2, 0) is 16.1 Å². The maximum Gasteiger partial charge on any atom is 0.437 e. The summed E-state index contributed by atoms with van der Waals surface area (Å²) in [6.07, 6.45) is -3.16. The summed E-state index contributed by atoms with van der Waals surface area (Å²) in [6, 6.07) is 4.98. The average Bonchev–Trinajstić information content (AvgIpc) is 3.06. The third-order valence-corrected chi connectivity index (χ3v) is 6.07. The van der Waals surface area contributed by atoms with Crippen LogP contribution in [-0.4, -0.2) is 47.1 Å². The molecule has 150 valence electrons. The fraction of sp³-hybridized carbons (Fsp3) is 0.474. The normalized spacial score (nSPS) is 22.0. The van der Waals surface area contributed by atoms with E-state index in [1.165, 1.54) is 12.1 Å². The molecule has 0 aliphatic carbocycles. The summed E-state index contributed by atoms with van der Waals surface area (Å²) in [5.74, 6) is -1.90. The van der Waals surface area contributed by atoms with Gasteiger partial charge in [-0.15, -0.1) is 11.3 Å². The number of aryl methyl sites for hydroxylation is 1. The van der Waals surface area contributed by atoms with E-state index in [2.05, 4.69) is 9.88 Å². The first-order valence-corrected chi connectivity index (χ1v) is 9.93. The number of alkyl halides is 2. The third kappa shape index (κ3) is 3.78. The lowest BCUT2D eigenvalue weighted by molar-refractivity contribution is -0.293. The number of nitrogens with zero attached hydrogens (tertiary/aromatic N) is 3. The van der Waals surface area contributed by atoms with Crippen molar-refractivity contribution in [3.63, 3.8) is 0 Å². The largest absolute Gasteiger partial charge is 0.437 e. The van der Waals surface area contributed by atoms with Crippen LogP contribution in [0.5, 0.6) is 0 Å². The van der Waals surface area contributed by atoms with Crippen molar-refractivity contribution in [2.24, 2.45) is 0 Å². The van der Waals surface area contributed by atoms with Crippen molar-refractivity contribution < 1.29 is 22.7 Å². The van der Waals surface area contributed by atoms with E-state index in [1.807, 2.05) is 12.3 Å². The Morgan fingerprint density at radius 3 is 2.50 bits per heavy atom. The van der Waals surface area contributed by atoms with Crippen LogP contribution in [0.25, 0.3) is 0 Å². The number of anilines is 1. The topological polar surface area (TPSA) is 45.7 Å². The minimum Gasteiger partial charge on any atom is -0.304 e. The zero-order valence-corrected chi connectivity index (χ0v) is 16.1. The van der Waals surface area contributed by atoms with Crippen LogP contribution in [0.1, 0.15) is 23.5 Å². The molecule has 0 unspecified atom stereocenters. The van der Waals surface area contributed by atoms with Gasteiger partial charge in [0, 0.05) is 30.7 Å². The zero-order valence-electron chi connectivity index (χ0n) is 15.3. The van der Waals surface area contributed by atoms with Crippen molar-refractivity contribution in [3.8, 4) is 0 Å². The van der Waals surface area contributed by atoms with Crippen molar-refractivity contribution in [3.05, 3.63) is 46.2 Å². The molecule has 0 atom stereocenters. The maximum atomic E-state index is 14.4. The first-order chi connectivity index (χ1) is 13.3. The molecular formula is C19H20F3N3O2S. The molecule has 2 aliphatic heterocycles. The summed E-state index contributed by atoms with van der Waals surface area (Å²) in [4.78, 5) is 19.8.